The molecule has 3 aromatic heterocycles. The Morgan fingerprint density at radius 1 is 1.26 bits per heavy atom. The molecule has 1 aliphatic rings. The third-order valence-electron chi connectivity index (χ3n) is 5.41. The summed E-state index contributed by atoms with van der Waals surface area (Å²) in [6.07, 6.45) is 3.58. The predicted molar refractivity (Wildman–Crippen MR) is 105 cm³/mol. The van der Waals surface area contributed by atoms with Gasteiger partial charge in [0.2, 0.25) is 0 Å². The largest absolute Gasteiger partial charge is 0.351 e. The van der Waals surface area contributed by atoms with E-state index in [9.17, 15) is 4.79 Å². The molecule has 6 heteroatoms. The number of hydrogen-bond acceptors (Lipinski definition) is 3. The minimum absolute atomic E-state index is 0.0594. The average Bonchev–Trinajstić information content (AvgIpc) is 3.42. The van der Waals surface area contributed by atoms with Crippen molar-refractivity contribution in [2.24, 2.45) is 0 Å². The Labute approximate surface area is 156 Å². The number of imidazole rings is 1. The van der Waals surface area contributed by atoms with E-state index in [0.717, 1.165) is 47.3 Å². The minimum atomic E-state index is 0.0594. The van der Waals surface area contributed by atoms with E-state index in [1.54, 1.807) is 0 Å². The monoisotopic (exact) mass is 359 g/mol. The van der Waals surface area contributed by atoms with E-state index in [4.69, 9.17) is 4.98 Å². The van der Waals surface area contributed by atoms with Gasteiger partial charge in [0.05, 0.1) is 6.04 Å². The van der Waals surface area contributed by atoms with Crippen molar-refractivity contribution in [2.45, 2.75) is 25.8 Å². The lowest BCUT2D eigenvalue weighted by Gasteiger charge is -2.18. The van der Waals surface area contributed by atoms with Crippen molar-refractivity contribution in [2.75, 3.05) is 13.1 Å². The fourth-order valence-electron chi connectivity index (χ4n) is 4.11. The Balaban J connectivity index is 1.44. The first kappa shape index (κ1) is 16.1. The summed E-state index contributed by atoms with van der Waals surface area (Å²) < 4.78 is 2.23. The molecule has 1 saturated heterocycles. The summed E-state index contributed by atoms with van der Waals surface area (Å²) in [5.74, 6) is 1.10. The van der Waals surface area contributed by atoms with Crippen LogP contribution in [0.4, 0.5) is 0 Å². The van der Waals surface area contributed by atoms with Crippen LogP contribution in [0.15, 0.2) is 48.7 Å². The molecule has 1 aliphatic heterocycles. The molecule has 4 heterocycles. The van der Waals surface area contributed by atoms with E-state index in [1.807, 2.05) is 53.6 Å². The Morgan fingerprint density at radius 2 is 2.15 bits per heavy atom. The number of fused-ring (bicyclic) bond motifs is 2. The smallest absolute Gasteiger partial charge is 0.270 e. The molecule has 1 amide bonds. The lowest BCUT2D eigenvalue weighted by molar-refractivity contribution is 0.0783. The van der Waals surface area contributed by atoms with Crippen LogP contribution in [0.25, 0.3) is 22.1 Å². The molecule has 0 spiro atoms. The second-order valence-corrected chi connectivity index (χ2v) is 7.06. The molecule has 0 aliphatic carbocycles. The number of aromatic nitrogens is 4. The zero-order valence-corrected chi connectivity index (χ0v) is 15.2. The van der Waals surface area contributed by atoms with E-state index < -0.39 is 0 Å². The summed E-state index contributed by atoms with van der Waals surface area (Å²) >= 11 is 0. The maximum atomic E-state index is 13.0. The first-order valence-corrected chi connectivity index (χ1v) is 9.43. The number of benzene rings is 1. The van der Waals surface area contributed by atoms with Gasteiger partial charge in [-0.2, -0.15) is 0 Å². The summed E-state index contributed by atoms with van der Waals surface area (Å²) in [6.45, 7) is 3.54. The van der Waals surface area contributed by atoms with E-state index in [2.05, 4.69) is 21.5 Å². The van der Waals surface area contributed by atoms with E-state index in [-0.39, 0.29) is 11.9 Å². The van der Waals surface area contributed by atoms with Gasteiger partial charge in [-0.3, -0.25) is 4.79 Å². The number of likely N-dealkylation sites (tertiary alicyclic amines) is 1. The number of nitrogens with one attached hydrogen (secondary N) is 1. The van der Waals surface area contributed by atoms with E-state index >= 15 is 0 Å². The lowest BCUT2D eigenvalue weighted by atomic mass is 10.2. The van der Waals surface area contributed by atoms with Crippen molar-refractivity contribution in [1.29, 1.82) is 0 Å². The van der Waals surface area contributed by atoms with Gasteiger partial charge in [0.15, 0.2) is 5.65 Å². The maximum Gasteiger partial charge on any atom is 0.270 e. The van der Waals surface area contributed by atoms with Gasteiger partial charge in [-0.15, -0.1) is 0 Å². The molecule has 1 atom stereocenters. The summed E-state index contributed by atoms with van der Waals surface area (Å²) in [5.41, 5.74) is 3.49. The summed E-state index contributed by atoms with van der Waals surface area (Å²) in [5, 5.41) is 1.06. The number of hydrogen-bond donors (Lipinski definition) is 1. The van der Waals surface area contributed by atoms with Crippen LogP contribution in [0, 0.1) is 0 Å². The van der Waals surface area contributed by atoms with Gasteiger partial charge >= 0.3 is 0 Å². The molecule has 1 fully saturated rings. The Bertz CT molecular complexity index is 1110. The molecule has 27 heavy (non-hydrogen) atoms. The van der Waals surface area contributed by atoms with E-state index in [0.29, 0.717) is 12.2 Å². The highest BCUT2D eigenvalue weighted by Crippen LogP contribution is 2.28. The highest BCUT2D eigenvalue weighted by molar-refractivity contribution is 5.98. The van der Waals surface area contributed by atoms with Crippen LogP contribution in [-0.4, -0.2) is 43.4 Å². The van der Waals surface area contributed by atoms with Crippen molar-refractivity contribution >= 4 is 28.0 Å². The Hall–Kier alpha value is -3.15. The van der Waals surface area contributed by atoms with Crippen molar-refractivity contribution in [3.05, 3.63) is 60.2 Å². The second kappa shape index (κ2) is 6.23. The van der Waals surface area contributed by atoms with Crippen LogP contribution < -0.4 is 0 Å². The first-order valence-electron chi connectivity index (χ1n) is 9.43. The summed E-state index contributed by atoms with van der Waals surface area (Å²) in [7, 11) is 0. The molecular formula is C21H21N5O. The van der Waals surface area contributed by atoms with Gasteiger partial charge in [0.1, 0.15) is 17.0 Å². The minimum Gasteiger partial charge on any atom is -0.351 e. The van der Waals surface area contributed by atoms with E-state index in [1.165, 1.54) is 0 Å². The number of amides is 1. The fraction of sp³-hybridized carbons (Fsp3) is 0.286. The molecule has 0 saturated carbocycles. The molecule has 0 radical (unpaired) electrons. The number of pyridine rings is 1. The van der Waals surface area contributed by atoms with Crippen molar-refractivity contribution in [3.63, 3.8) is 0 Å². The number of nitrogens with zero attached hydrogens (tertiary/aromatic N) is 4. The quantitative estimate of drug-likeness (QED) is 0.608. The highest BCUT2D eigenvalue weighted by Gasteiger charge is 2.31. The third-order valence-corrected chi connectivity index (χ3v) is 5.41. The van der Waals surface area contributed by atoms with Gasteiger partial charge in [-0.1, -0.05) is 25.1 Å². The summed E-state index contributed by atoms with van der Waals surface area (Å²) in [4.78, 5) is 27.5. The zero-order valence-electron chi connectivity index (χ0n) is 15.2. The van der Waals surface area contributed by atoms with Crippen LogP contribution >= 0.6 is 0 Å². The average molecular weight is 359 g/mol. The van der Waals surface area contributed by atoms with Gasteiger partial charge < -0.3 is 14.5 Å². The van der Waals surface area contributed by atoms with Crippen LogP contribution in [0.2, 0.25) is 0 Å². The number of para-hydroxylation sites is 1. The number of carbonyl (C=O) groups is 1. The third kappa shape index (κ3) is 2.60. The molecule has 136 valence electrons. The van der Waals surface area contributed by atoms with Crippen LogP contribution in [0.1, 0.15) is 35.7 Å². The number of H-pyrrole nitrogens is 1. The number of rotatable bonds is 3. The van der Waals surface area contributed by atoms with Gasteiger partial charge in [0, 0.05) is 36.6 Å². The SMILES string of the molecule is CCc1nc2cccnc2n1[C@@H]1CCN(C(=O)c2cc3ccccc3[nH]2)C1. The number of aromatic amines is 1. The van der Waals surface area contributed by atoms with Crippen LogP contribution in [0.3, 0.4) is 0 Å². The number of aryl methyl sites for hydroxylation is 1. The predicted octanol–water partition coefficient (Wildman–Crippen LogP) is 3.56. The summed E-state index contributed by atoms with van der Waals surface area (Å²) in [6, 6.07) is 14.0. The topological polar surface area (TPSA) is 66.8 Å². The van der Waals surface area contributed by atoms with Crippen LogP contribution in [0.5, 0.6) is 0 Å². The lowest BCUT2D eigenvalue weighted by Crippen LogP contribution is -2.29. The fourth-order valence-corrected chi connectivity index (χ4v) is 4.11. The standard InChI is InChI=1S/C21H21N5O/c1-2-19-24-17-8-5-10-22-20(17)26(19)15-9-11-25(13-15)21(27)18-12-14-6-3-4-7-16(14)23-18/h3-8,10,12,15,23H,2,9,11,13H2,1H3/t15-/m1/s1. The van der Waals surface area contributed by atoms with Crippen molar-refractivity contribution in [3.8, 4) is 0 Å². The molecule has 1 aromatic carbocycles. The van der Waals surface area contributed by atoms with Crippen molar-refractivity contribution in [1.82, 2.24) is 24.4 Å². The molecule has 0 bridgehead atoms. The molecule has 5 rings (SSSR count). The van der Waals surface area contributed by atoms with Crippen molar-refractivity contribution < 1.29 is 4.79 Å². The van der Waals surface area contributed by atoms with Gasteiger partial charge in [-0.05, 0) is 30.7 Å². The molecule has 6 nitrogen and oxygen atoms in total. The van der Waals surface area contributed by atoms with Crippen LogP contribution in [-0.2, 0) is 6.42 Å². The first-order chi connectivity index (χ1) is 13.2. The molecule has 1 N–H and O–H groups in total. The molecular weight excluding hydrogens is 338 g/mol. The highest BCUT2D eigenvalue weighted by atomic mass is 16.2. The second-order valence-electron chi connectivity index (χ2n) is 7.06. The Morgan fingerprint density at radius 3 is 3.00 bits per heavy atom. The normalized spacial score (nSPS) is 17.2. The van der Waals surface area contributed by atoms with Gasteiger partial charge in [-0.25, -0.2) is 9.97 Å². The maximum absolute atomic E-state index is 13.0. The zero-order chi connectivity index (χ0) is 18.4. The number of carbonyl (C=O) groups excluding carboxylic acids is 1. The Kier molecular flexibility index (Phi) is 3.70. The molecule has 4 aromatic rings. The van der Waals surface area contributed by atoms with Gasteiger partial charge in [0.25, 0.3) is 5.91 Å². The molecule has 0 unspecified atom stereocenters.